The third-order valence-corrected chi connectivity index (χ3v) is 9.90. The highest BCUT2D eigenvalue weighted by molar-refractivity contribution is 7.92. The Bertz CT molecular complexity index is 1920. The van der Waals surface area contributed by atoms with Crippen molar-refractivity contribution in [1.82, 2.24) is 10.2 Å². The lowest BCUT2D eigenvalue weighted by Gasteiger charge is -2.34. The van der Waals surface area contributed by atoms with Gasteiger partial charge in [0.25, 0.3) is 15.7 Å². The summed E-state index contributed by atoms with van der Waals surface area (Å²) in [6.07, 6.45) is 0.824. The van der Waals surface area contributed by atoms with E-state index in [1.165, 1.54) is 49.3 Å². The maximum absolute atomic E-state index is 14.7. The Balaban J connectivity index is 1.89. The van der Waals surface area contributed by atoms with E-state index in [0.29, 0.717) is 13.0 Å². The van der Waals surface area contributed by atoms with Crippen LogP contribution in [0, 0.1) is 24.0 Å². The molecule has 4 aromatic rings. The zero-order chi connectivity index (χ0) is 35.7. The van der Waals surface area contributed by atoms with Gasteiger partial charge in [-0.3, -0.25) is 24.0 Å². The van der Waals surface area contributed by atoms with Crippen molar-refractivity contribution in [3.8, 4) is 5.75 Å². The van der Waals surface area contributed by atoms with Gasteiger partial charge in [0.15, 0.2) is 0 Å². The first-order valence-corrected chi connectivity index (χ1v) is 17.5. The van der Waals surface area contributed by atoms with Gasteiger partial charge < -0.3 is 15.0 Å². The topological polar surface area (TPSA) is 139 Å². The number of carbonyl (C=O) groups excluding carboxylic acids is 2. The smallest absolute Gasteiger partial charge is 0.273 e. The van der Waals surface area contributed by atoms with Crippen molar-refractivity contribution < 1.29 is 27.7 Å². The summed E-state index contributed by atoms with van der Waals surface area (Å²) in [5, 5.41) is 14.8. The molecule has 0 saturated carbocycles. The first kappa shape index (κ1) is 36.9. The molecule has 4 rings (SSSR count). The number of anilines is 1. The molecule has 0 aromatic heterocycles. The van der Waals surface area contributed by atoms with Gasteiger partial charge in [0.05, 0.1) is 22.6 Å². The standard InChI is InChI=1S/C36H39ClN4O7S/c1-5-18-38-36(43)33(20-27-11-7-6-8-12-27)39(23-28-13-9-10-25(2)19-28)35(42)24-40(32-21-29(37)15-17-34(32)48-4)49(46,47)30-16-14-26(3)31(22-30)41(44)45/h6-17,19,21-22,33H,5,18,20,23-24H2,1-4H3,(H,38,43)/t33-/m1/s1. The molecule has 0 saturated heterocycles. The van der Waals surface area contributed by atoms with Crippen LogP contribution in [0.2, 0.25) is 5.02 Å². The minimum atomic E-state index is -4.66. The molecule has 0 spiro atoms. The van der Waals surface area contributed by atoms with Crippen LogP contribution in [0.15, 0.2) is 95.9 Å². The number of methoxy groups -OCH3 is 1. The largest absolute Gasteiger partial charge is 0.495 e. The number of rotatable bonds is 15. The number of nitrogens with zero attached hydrogens (tertiary/aromatic N) is 3. The van der Waals surface area contributed by atoms with Crippen LogP contribution >= 0.6 is 11.6 Å². The van der Waals surface area contributed by atoms with Gasteiger partial charge in [-0.05, 0) is 55.7 Å². The lowest BCUT2D eigenvalue weighted by Crippen LogP contribution is -2.53. The minimum Gasteiger partial charge on any atom is -0.495 e. The zero-order valence-electron chi connectivity index (χ0n) is 27.8. The number of hydrogen-bond acceptors (Lipinski definition) is 7. The van der Waals surface area contributed by atoms with Gasteiger partial charge >= 0.3 is 0 Å². The summed E-state index contributed by atoms with van der Waals surface area (Å²) in [5.41, 5.74) is 2.28. The third kappa shape index (κ3) is 9.15. The van der Waals surface area contributed by atoms with Crippen LogP contribution in [0.5, 0.6) is 5.75 Å². The average molecular weight is 707 g/mol. The molecule has 0 heterocycles. The van der Waals surface area contributed by atoms with Crippen molar-refractivity contribution in [2.75, 3.05) is 24.5 Å². The monoisotopic (exact) mass is 706 g/mol. The van der Waals surface area contributed by atoms with E-state index in [1.807, 2.05) is 68.4 Å². The predicted octanol–water partition coefficient (Wildman–Crippen LogP) is 6.24. The summed E-state index contributed by atoms with van der Waals surface area (Å²) in [6, 6.07) is 23.5. The third-order valence-electron chi connectivity index (χ3n) is 7.91. The van der Waals surface area contributed by atoms with Gasteiger partial charge in [-0.2, -0.15) is 0 Å². The van der Waals surface area contributed by atoms with E-state index >= 15 is 0 Å². The first-order chi connectivity index (χ1) is 23.3. The van der Waals surface area contributed by atoms with Crippen molar-refractivity contribution in [1.29, 1.82) is 0 Å². The highest BCUT2D eigenvalue weighted by Crippen LogP contribution is 2.36. The number of amides is 2. The van der Waals surface area contributed by atoms with E-state index in [-0.39, 0.29) is 35.0 Å². The Morgan fingerprint density at radius 2 is 1.67 bits per heavy atom. The number of ether oxygens (including phenoxy) is 1. The number of nitro benzene ring substituents is 1. The van der Waals surface area contributed by atoms with Crippen LogP contribution in [-0.2, 0) is 32.6 Å². The van der Waals surface area contributed by atoms with Gasteiger partial charge in [0, 0.05) is 36.2 Å². The lowest BCUT2D eigenvalue weighted by molar-refractivity contribution is -0.385. The molecule has 0 bridgehead atoms. The number of halogens is 1. The van der Waals surface area contributed by atoms with Crippen LogP contribution in [0.3, 0.4) is 0 Å². The molecule has 1 N–H and O–H groups in total. The fourth-order valence-electron chi connectivity index (χ4n) is 5.37. The molecule has 2 amide bonds. The van der Waals surface area contributed by atoms with Crippen molar-refractivity contribution >= 4 is 44.8 Å². The minimum absolute atomic E-state index is 0.00582. The van der Waals surface area contributed by atoms with Crippen LogP contribution in [-0.4, -0.2) is 56.3 Å². The lowest BCUT2D eigenvalue weighted by atomic mass is 10.0. The SMILES string of the molecule is CCCNC(=O)[C@@H](Cc1ccccc1)N(Cc1cccc(C)c1)C(=O)CN(c1cc(Cl)ccc1OC)S(=O)(=O)c1ccc(C)c([N+](=O)[O-])c1. The Kier molecular flexibility index (Phi) is 12.4. The van der Waals surface area contributed by atoms with Crippen molar-refractivity contribution in [2.24, 2.45) is 0 Å². The van der Waals surface area contributed by atoms with Gasteiger partial charge in [-0.15, -0.1) is 0 Å². The summed E-state index contributed by atoms with van der Waals surface area (Å²) in [4.78, 5) is 40.6. The summed E-state index contributed by atoms with van der Waals surface area (Å²) in [7, 11) is -3.32. The molecule has 4 aromatic carbocycles. The van der Waals surface area contributed by atoms with Gasteiger partial charge in [0.1, 0.15) is 18.3 Å². The molecular weight excluding hydrogens is 668 g/mol. The fourth-order valence-corrected chi connectivity index (χ4v) is 6.98. The normalized spacial score (nSPS) is 11.8. The molecule has 0 radical (unpaired) electrons. The number of carbonyl (C=O) groups is 2. The quantitative estimate of drug-likeness (QED) is 0.114. The maximum atomic E-state index is 14.7. The number of benzene rings is 4. The van der Waals surface area contributed by atoms with Gasteiger partial charge in [-0.25, -0.2) is 8.42 Å². The van der Waals surface area contributed by atoms with E-state index in [0.717, 1.165) is 27.1 Å². The molecule has 0 aliphatic rings. The second-order valence-corrected chi connectivity index (χ2v) is 13.8. The van der Waals surface area contributed by atoms with Crippen LogP contribution in [0.4, 0.5) is 11.4 Å². The summed E-state index contributed by atoms with van der Waals surface area (Å²) >= 11 is 6.34. The Morgan fingerprint density at radius 3 is 2.33 bits per heavy atom. The second kappa shape index (κ2) is 16.4. The predicted molar refractivity (Wildman–Crippen MR) is 189 cm³/mol. The summed E-state index contributed by atoms with van der Waals surface area (Å²) in [6.45, 7) is 4.91. The van der Waals surface area contributed by atoms with E-state index in [1.54, 1.807) is 0 Å². The molecule has 11 nitrogen and oxygen atoms in total. The Hall–Kier alpha value is -4.94. The molecule has 49 heavy (non-hydrogen) atoms. The van der Waals surface area contributed by atoms with E-state index in [9.17, 15) is 28.1 Å². The van der Waals surface area contributed by atoms with Crippen LogP contribution in [0.1, 0.15) is 35.6 Å². The average Bonchev–Trinajstić information content (AvgIpc) is 3.07. The van der Waals surface area contributed by atoms with Crippen molar-refractivity contribution in [3.63, 3.8) is 0 Å². The second-order valence-electron chi connectivity index (χ2n) is 11.5. The van der Waals surface area contributed by atoms with Crippen molar-refractivity contribution in [2.45, 2.75) is 51.1 Å². The molecular formula is C36H39ClN4O7S. The molecule has 258 valence electrons. The first-order valence-electron chi connectivity index (χ1n) is 15.6. The van der Waals surface area contributed by atoms with Crippen LogP contribution in [0.25, 0.3) is 0 Å². The number of nitro groups is 1. The number of nitrogens with one attached hydrogen (secondary N) is 1. The van der Waals surface area contributed by atoms with E-state index < -0.39 is 49.9 Å². The Morgan fingerprint density at radius 1 is 0.959 bits per heavy atom. The summed E-state index contributed by atoms with van der Waals surface area (Å²) in [5.74, 6) is -0.994. The molecule has 0 unspecified atom stereocenters. The molecule has 13 heteroatoms. The van der Waals surface area contributed by atoms with E-state index in [2.05, 4.69) is 5.32 Å². The molecule has 1 atom stereocenters. The van der Waals surface area contributed by atoms with Gasteiger partial charge in [0.2, 0.25) is 11.8 Å². The summed E-state index contributed by atoms with van der Waals surface area (Å²) < 4.78 is 35.2. The molecule has 0 aliphatic carbocycles. The van der Waals surface area contributed by atoms with E-state index in [4.69, 9.17) is 16.3 Å². The molecule has 0 fully saturated rings. The number of hydrogen-bond donors (Lipinski definition) is 1. The van der Waals surface area contributed by atoms with Crippen molar-refractivity contribution in [3.05, 3.63) is 128 Å². The fraction of sp³-hybridized carbons (Fsp3) is 0.278. The van der Waals surface area contributed by atoms with Crippen LogP contribution < -0.4 is 14.4 Å². The number of aryl methyl sites for hydroxylation is 2. The zero-order valence-corrected chi connectivity index (χ0v) is 29.3. The number of sulfonamides is 1. The van der Waals surface area contributed by atoms with Gasteiger partial charge in [-0.1, -0.05) is 84.8 Å². The molecule has 0 aliphatic heterocycles. The Labute approximate surface area is 291 Å². The maximum Gasteiger partial charge on any atom is 0.273 e. The highest BCUT2D eigenvalue weighted by Gasteiger charge is 2.36. The highest BCUT2D eigenvalue weighted by atomic mass is 35.5.